The molecule has 0 unspecified atom stereocenters. The van der Waals surface area contributed by atoms with Crippen LogP contribution in [0.2, 0.25) is 0 Å². The molecule has 0 atom stereocenters. The quantitative estimate of drug-likeness (QED) is 0.749. The Balaban J connectivity index is 0.000000394. The van der Waals surface area contributed by atoms with E-state index in [2.05, 4.69) is 10.3 Å². The average molecular weight is 437 g/mol. The summed E-state index contributed by atoms with van der Waals surface area (Å²) in [6, 6.07) is 3.80. The van der Waals surface area contributed by atoms with E-state index in [1.807, 2.05) is 6.07 Å². The van der Waals surface area contributed by atoms with Crippen molar-refractivity contribution in [3.63, 3.8) is 0 Å². The van der Waals surface area contributed by atoms with Gasteiger partial charge in [0.25, 0.3) is 0 Å². The number of anilines is 1. The minimum atomic E-state index is -4.51. The van der Waals surface area contributed by atoms with E-state index >= 15 is 0 Å². The Bertz CT molecular complexity index is 643. The lowest BCUT2D eigenvalue weighted by Crippen LogP contribution is -2.23. The largest absolute Gasteiger partial charge is 0.433 e. The fraction of sp³-hybridized carbons (Fsp3) is 0.684. The molecule has 1 aromatic heterocycles. The zero-order valence-electron chi connectivity index (χ0n) is 16.2. The predicted molar refractivity (Wildman–Crippen MR) is 106 cm³/mol. The molecule has 2 fully saturated rings. The number of halogens is 4. The summed E-state index contributed by atoms with van der Waals surface area (Å²) in [5.41, 5.74) is 4.57. The van der Waals surface area contributed by atoms with E-state index in [0.29, 0.717) is 25.7 Å². The standard InChI is InChI=1S/C13H14F3N3O.C6H13NO.ClH/c14-13(15,16)11-2-1-10(7-17)12(19-11)18-8-9-3-5-20-6-4-9;7-5-6-1-3-8-4-2-6;/h1-2,9H,3-6,8H2,(H,18,19);6H,1-5,7H2;1H. The lowest BCUT2D eigenvalue weighted by Gasteiger charge is -2.22. The first-order chi connectivity index (χ1) is 13.4. The molecule has 10 heteroatoms. The third kappa shape index (κ3) is 8.74. The van der Waals surface area contributed by atoms with Gasteiger partial charge in [0.05, 0.1) is 5.56 Å². The summed E-state index contributed by atoms with van der Waals surface area (Å²) in [4.78, 5) is 3.51. The molecule has 2 aliphatic heterocycles. The number of ether oxygens (including phenoxy) is 2. The fourth-order valence-corrected chi connectivity index (χ4v) is 3.02. The maximum absolute atomic E-state index is 12.6. The van der Waals surface area contributed by atoms with Crippen molar-refractivity contribution in [2.24, 2.45) is 17.6 Å². The van der Waals surface area contributed by atoms with Crippen LogP contribution in [0.3, 0.4) is 0 Å². The molecule has 0 radical (unpaired) electrons. The zero-order chi connectivity index (χ0) is 20.4. The molecule has 1 aromatic rings. The lowest BCUT2D eigenvalue weighted by atomic mass is 10.0. The van der Waals surface area contributed by atoms with Crippen LogP contribution in [0.5, 0.6) is 0 Å². The van der Waals surface area contributed by atoms with E-state index in [9.17, 15) is 13.2 Å². The SMILES string of the molecule is Cl.N#Cc1ccc(C(F)(F)F)nc1NCC1CCOCC1.NCC1CCOCC1. The monoisotopic (exact) mass is 436 g/mol. The van der Waals surface area contributed by atoms with Crippen LogP contribution in [0.4, 0.5) is 19.0 Å². The first-order valence-electron chi connectivity index (χ1n) is 9.51. The van der Waals surface area contributed by atoms with E-state index in [-0.39, 0.29) is 23.8 Å². The molecular weight excluding hydrogens is 409 g/mol. The number of nitrogens with zero attached hydrogens (tertiary/aromatic N) is 2. The summed E-state index contributed by atoms with van der Waals surface area (Å²) in [6.45, 7) is 4.49. The van der Waals surface area contributed by atoms with Crippen molar-refractivity contribution < 1.29 is 22.6 Å². The van der Waals surface area contributed by atoms with Crippen molar-refractivity contribution in [3.8, 4) is 6.07 Å². The van der Waals surface area contributed by atoms with Gasteiger partial charge >= 0.3 is 6.18 Å². The number of hydrogen-bond acceptors (Lipinski definition) is 6. The molecule has 3 heterocycles. The number of pyridine rings is 1. The molecule has 3 rings (SSSR count). The maximum atomic E-state index is 12.6. The molecule has 29 heavy (non-hydrogen) atoms. The van der Waals surface area contributed by atoms with Gasteiger partial charge in [-0.2, -0.15) is 18.4 Å². The Morgan fingerprint density at radius 3 is 2.07 bits per heavy atom. The highest BCUT2D eigenvalue weighted by molar-refractivity contribution is 5.85. The van der Waals surface area contributed by atoms with Crippen molar-refractivity contribution in [2.45, 2.75) is 31.9 Å². The van der Waals surface area contributed by atoms with Crippen LogP contribution >= 0.6 is 12.4 Å². The average Bonchev–Trinajstić information content (AvgIpc) is 2.73. The van der Waals surface area contributed by atoms with Gasteiger partial charge in [-0.3, -0.25) is 0 Å². The van der Waals surface area contributed by atoms with Crippen LogP contribution in [-0.2, 0) is 15.7 Å². The van der Waals surface area contributed by atoms with Crippen LogP contribution in [0.25, 0.3) is 0 Å². The summed E-state index contributed by atoms with van der Waals surface area (Å²) in [6.07, 6.45) is -0.474. The van der Waals surface area contributed by atoms with Crippen LogP contribution in [0.15, 0.2) is 12.1 Å². The molecule has 0 saturated carbocycles. The van der Waals surface area contributed by atoms with E-state index in [0.717, 1.165) is 63.5 Å². The molecule has 2 aliphatic rings. The maximum Gasteiger partial charge on any atom is 0.433 e. The van der Waals surface area contributed by atoms with Crippen molar-refractivity contribution in [1.82, 2.24) is 4.98 Å². The summed E-state index contributed by atoms with van der Waals surface area (Å²) in [5.74, 6) is 1.06. The minimum absolute atomic E-state index is 0. The number of nitrogens with one attached hydrogen (secondary N) is 1. The number of nitrogens with two attached hydrogens (primary N) is 1. The minimum Gasteiger partial charge on any atom is -0.381 e. The topological polar surface area (TPSA) is 93.2 Å². The van der Waals surface area contributed by atoms with Crippen LogP contribution in [-0.4, -0.2) is 44.5 Å². The number of nitriles is 1. The smallest absolute Gasteiger partial charge is 0.381 e. The predicted octanol–water partition coefficient (Wildman–Crippen LogP) is 3.60. The van der Waals surface area contributed by atoms with Crippen molar-refractivity contribution in [3.05, 3.63) is 23.4 Å². The van der Waals surface area contributed by atoms with Gasteiger partial charge in [0.2, 0.25) is 0 Å². The van der Waals surface area contributed by atoms with Crippen LogP contribution in [0.1, 0.15) is 36.9 Å². The number of aromatic nitrogens is 1. The van der Waals surface area contributed by atoms with E-state index < -0.39 is 11.9 Å². The van der Waals surface area contributed by atoms with Gasteiger partial charge in [-0.25, -0.2) is 4.98 Å². The zero-order valence-corrected chi connectivity index (χ0v) is 17.0. The van der Waals surface area contributed by atoms with Gasteiger partial charge in [-0.05, 0) is 56.2 Å². The second-order valence-electron chi connectivity index (χ2n) is 6.93. The Morgan fingerprint density at radius 2 is 1.62 bits per heavy atom. The van der Waals surface area contributed by atoms with E-state index in [4.69, 9.17) is 20.5 Å². The van der Waals surface area contributed by atoms with Gasteiger partial charge in [0, 0.05) is 33.0 Å². The van der Waals surface area contributed by atoms with E-state index in [1.165, 1.54) is 0 Å². The molecule has 164 valence electrons. The molecule has 6 nitrogen and oxygen atoms in total. The van der Waals surface area contributed by atoms with Crippen molar-refractivity contribution in [1.29, 1.82) is 5.26 Å². The van der Waals surface area contributed by atoms with Gasteiger partial charge in [-0.15, -0.1) is 12.4 Å². The molecule has 3 N–H and O–H groups in total. The van der Waals surface area contributed by atoms with Gasteiger partial charge < -0.3 is 20.5 Å². The highest BCUT2D eigenvalue weighted by Crippen LogP contribution is 2.29. The molecule has 0 aliphatic carbocycles. The fourth-order valence-electron chi connectivity index (χ4n) is 3.02. The molecule has 2 saturated heterocycles. The van der Waals surface area contributed by atoms with Crippen LogP contribution in [0, 0.1) is 23.2 Å². The summed E-state index contributed by atoms with van der Waals surface area (Å²) >= 11 is 0. The lowest BCUT2D eigenvalue weighted by molar-refractivity contribution is -0.141. The Hall–Kier alpha value is -1.60. The molecule has 0 spiro atoms. The van der Waals surface area contributed by atoms with Crippen molar-refractivity contribution >= 4 is 18.2 Å². The first-order valence-corrected chi connectivity index (χ1v) is 9.51. The normalized spacial score (nSPS) is 18.0. The highest BCUT2D eigenvalue weighted by atomic mass is 35.5. The first kappa shape index (κ1) is 25.4. The third-order valence-electron chi connectivity index (χ3n) is 4.88. The van der Waals surface area contributed by atoms with Crippen LogP contribution < -0.4 is 11.1 Å². The van der Waals surface area contributed by atoms with Gasteiger partial charge in [-0.1, -0.05) is 0 Å². The number of alkyl halides is 3. The second kappa shape index (κ2) is 12.9. The summed E-state index contributed by atoms with van der Waals surface area (Å²) in [5, 5.41) is 11.8. The molecular formula is C19H28ClF3N4O2. The molecule has 0 aromatic carbocycles. The molecule has 0 amide bonds. The Labute approximate surface area is 175 Å². The highest BCUT2D eigenvalue weighted by Gasteiger charge is 2.33. The van der Waals surface area contributed by atoms with Gasteiger partial charge in [0.1, 0.15) is 17.6 Å². The Morgan fingerprint density at radius 1 is 1.07 bits per heavy atom. The summed E-state index contributed by atoms with van der Waals surface area (Å²) < 4.78 is 48.2. The second-order valence-corrected chi connectivity index (χ2v) is 6.93. The van der Waals surface area contributed by atoms with E-state index in [1.54, 1.807) is 0 Å². The summed E-state index contributed by atoms with van der Waals surface area (Å²) in [7, 11) is 0. The van der Waals surface area contributed by atoms with Crippen molar-refractivity contribution in [2.75, 3.05) is 44.8 Å². The Kier molecular flexibility index (Phi) is 11.3. The third-order valence-corrected chi connectivity index (χ3v) is 4.88. The number of hydrogen-bond donors (Lipinski definition) is 2. The van der Waals surface area contributed by atoms with Gasteiger partial charge in [0.15, 0.2) is 0 Å². The number of rotatable bonds is 4. The molecule has 0 bridgehead atoms.